The molecule has 2 rings (SSSR count). The van der Waals surface area contributed by atoms with Gasteiger partial charge in [-0.1, -0.05) is 0 Å². The van der Waals surface area contributed by atoms with Crippen LogP contribution in [0.15, 0.2) is 30.9 Å². The summed E-state index contributed by atoms with van der Waals surface area (Å²) in [5.41, 5.74) is 10.7. The predicted octanol–water partition coefficient (Wildman–Crippen LogP) is 2.23. The first kappa shape index (κ1) is 14.1. The quantitative estimate of drug-likeness (QED) is 0.890. The summed E-state index contributed by atoms with van der Waals surface area (Å²) in [6.45, 7) is 3.97. The predicted molar refractivity (Wildman–Crippen MR) is 76.1 cm³/mol. The Morgan fingerprint density at radius 1 is 1.20 bits per heavy atom. The molecule has 0 fully saturated rings. The first-order valence-corrected chi connectivity index (χ1v) is 6.33. The monoisotopic (exact) mass is 271 g/mol. The molecule has 5 heteroatoms. The van der Waals surface area contributed by atoms with E-state index >= 15 is 0 Å². The lowest BCUT2D eigenvalue weighted by molar-refractivity contribution is -0.137. The van der Waals surface area contributed by atoms with Gasteiger partial charge in [-0.15, -0.1) is 0 Å². The molecule has 20 heavy (non-hydrogen) atoms. The van der Waals surface area contributed by atoms with E-state index in [1.54, 1.807) is 24.8 Å². The average Bonchev–Trinajstić information content (AvgIpc) is 2.38. The highest BCUT2D eigenvalue weighted by Crippen LogP contribution is 2.27. The molecule has 0 aromatic carbocycles. The van der Waals surface area contributed by atoms with Crippen molar-refractivity contribution in [3.63, 3.8) is 0 Å². The zero-order valence-electron chi connectivity index (χ0n) is 11.5. The molecule has 0 saturated carbocycles. The number of nitrogens with two attached hydrogens (primary N) is 1. The van der Waals surface area contributed by atoms with Gasteiger partial charge in [-0.2, -0.15) is 0 Å². The third-order valence-corrected chi connectivity index (χ3v) is 3.20. The topological polar surface area (TPSA) is 89.1 Å². The highest BCUT2D eigenvalue weighted by atomic mass is 16.4. The van der Waals surface area contributed by atoms with E-state index in [9.17, 15) is 4.79 Å². The lowest BCUT2D eigenvalue weighted by Crippen LogP contribution is -2.15. The number of carbonyl (C=O) groups is 1. The van der Waals surface area contributed by atoms with Crippen LogP contribution in [-0.2, 0) is 4.79 Å². The Bertz CT molecular complexity index is 621. The number of rotatable bonds is 4. The standard InChI is InChI=1S/C15H17N3O2/c1-9-5-17-6-10(2)15(9)12-3-11(7-18-8-12)13(16)4-14(19)20/h3,5-8,13H,4,16H2,1-2H3,(H,19,20)/t13-/m0/s1. The summed E-state index contributed by atoms with van der Waals surface area (Å²) in [6.07, 6.45) is 6.85. The van der Waals surface area contributed by atoms with Gasteiger partial charge in [-0.3, -0.25) is 14.8 Å². The number of nitrogens with zero attached hydrogens (tertiary/aromatic N) is 2. The first-order valence-electron chi connectivity index (χ1n) is 6.33. The second kappa shape index (κ2) is 5.79. The molecule has 0 aliphatic heterocycles. The van der Waals surface area contributed by atoms with Crippen LogP contribution in [0, 0.1) is 13.8 Å². The molecular weight excluding hydrogens is 254 g/mol. The Morgan fingerprint density at radius 2 is 1.80 bits per heavy atom. The van der Waals surface area contributed by atoms with Crippen molar-refractivity contribution in [2.24, 2.45) is 5.73 Å². The Morgan fingerprint density at radius 3 is 2.40 bits per heavy atom. The maximum absolute atomic E-state index is 10.7. The van der Waals surface area contributed by atoms with Crippen LogP contribution in [0.2, 0.25) is 0 Å². The Balaban J connectivity index is 2.42. The van der Waals surface area contributed by atoms with E-state index in [0.29, 0.717) is 0 Å². The first-order chi connectivity index (χ1) is 9.49. The van der Waals surface area contributed by atoms with E-state index in [2.05, 4.69) is 9.97 Å². The summed E-state index contributed by atoms with van der Waals surface area (Å²) < 4.78 is 0. The molecule has 0 saturated heterocycles. The third kappa shape index (κ3) is 3.00. The molecule has 2 aromatic heterocycles. The summed E-state index contributed by atoms with van der Waals surface area (Å²) in [6, 6.07) is 1.35. The van der Waals surface area contributed by atoms with E-state index in [0.717, 1.165) is 27.8 Å². The van der Waals surface area contributed by atoms with Crippen LogP contribution >= 0.6 is 0 Å². The van der Waals surface area contributed by atoms with Crippen LogP contribution < -0.4 is 5.73 Å². The van der Waals surface area contributed by atoms with Crippen molar-refractivity contribution in [2.75, 3.05) is 0 Å². The largest absolute Gasteiger partial charge is 0.481 e. The fourth-order valence-corrected chi connectivity index (χ4v) is 2.26. The zero-order chi connectivity index (χ0) is 14.7. The smallest absolute Gasteiger partial charge is 0.305 e. The molecule has 0 radical (unpaired) electrons. The minimum atomic E-state index is -0.917. The van der Waals surface area contributed by atoms with Gasteiger partial charge in [0.1, 0.15) is 0 Å². The maximum Gasteiger partial charge on any atom is 0.305 e. The summed E-state index contributed by atoms with van der Waals surface area (Å²) >= 11 is 0. The van der Waals surface area contributed by atoms with Gasteiger partial charge in [0.25, 0.3) is 0 Å². The fourth-order valence-electron chi connectivity index (χ4n) is 2.26. The molecule has 3 N–H and O–H groups in total. The van der Waals surface area contributed by atoms with Crippen molar-refractivity contribution in [3.05, 3.63) is 47.5 Å². The normalized spacial score (nSPS) is 12.2. The second-order valence-corrected chi connectivity index (χ2v) is 4.86. The molecule has 0 unspecified atom stereocenters. The van der Waals surface area contributed by atoms with Crippen molar-refractivity contribution < 1.29 is 9.90 Å². The molecule has 0 bridgehead atoms. The van der Waals surface area contributed by atoms with Crippen molar-refractivity contribution in [1.82, 2.24) is 9.97 Å². The van der Waals surface area contributed by atoms with Crippen molar-refractivity contribution in [1.29, 1.82) is 0 Å². The molecule has 5 nitrogen and oxygen atoms in total. The van der Waals surface area contributed by atoms with Crippen LogP contribution in [0.5, 0.6) is 0 Å². The third-order valence-electron chi connectivity index (χ3n) is 3.20. The van der Waals surface area contributed by atoms with Gasteiger partial charge in [0.15, 0.2) is 0 Å². The average molecular weight is 271 g/mol. The fraction of sp³-hybridized carbons (Fsp3) is 0.267. The Labute approximate surface area is 117 Å². The van der Waals surface area contributed by atoms with E-state index in [1.807, 2.05) is 19.9 Å². The lowest BCUT2D eigenvalue weighted by Gasteiger charge is -2.13. The molecule has 2 aromatic rings. The number of hydrogen-bond donors (Lipinski definition) is 2. The highest BCUT2D eigenvalue weighted by molar-refractivity contribution is 5.71. The molecule has 104 valence electrons. The van der Waals surface area contributed by atoms with Gasteiger partial charge in [0, 0.05) is 36.4 Å². The molecule has 2 heterocycles. The Hall–Kier alpha value is -2.27. The van der Waals surface area contributed by atoms with Crippen molar-refractivity contribution >= 4 is 5.97 Å². The summed E-state index contributed by atoms with van der Waals surface area (Å²) in [5, 5.41) is 8.81. The van der Waals surface area contributed by atoms with Gasteiger partial charge in [-0.05, 0) is 42.2 Å². The van der Waals surface area contributed by atoms with Crippen molar-refractivity contribution in [2.45, 2.75) is 26.3 Å². The van der Waals surface area contributed by atoms with E-state index < -0.39 is 12.0 Å². The highest BCUT2D eigenvalue weighted by Gasteiger charge is 2.13. The molecule has 0 spiro atoms. The van der Waals surface area contributed by atoms with Crippen LogP contribution in [0.25, 0.3) is 11.1 Å². The number of pyridine rings is 2. The number of aryl methyl sites for hydroxylation is 2. The van der Waals surface area contributed by atoms with Gasteiger partial charge in [0.2, 0.25) is 0 Å². The SMILES string of the molecule is Cc1cncc(C)c1-c1cncc([C@@H](N)CC(=O)O)c1. The van der Waals surface area contributed by atoms with E-state index in [4.69, 9.17) is 10.8 Å². The number of carboxylic acids is 1. The van der Waals surface area contributed by atoms with Crippen LogP contribution in [0.1, 0.15) is 29.2 Å². The van der Waals surface area contributed by atoms with Gasteiger partial charge in [0.05, 0.1) is 6.42 Å². The zero-order valence-corrected chi connectivity index (χ0v) is 11.5. The molecule has 0 aliphatic carbocycles. The van der Waals surface area contributed by atoms with Gasteiger partial charge in [-0.25, -0.2) is 0 Å². The molecule has 0 aliphatic rings. The molecule has 1 atom stereocenters. The second-order valence-electron chi connectivity index (χ2n) is 4.86. The number of aromatic nitrogens is 2. The summed E-state index contributed by atoms with van der Waals surface area (Å²) in [5.74, 6) is -0.917. The molecule has 0 amide bonds. The van der Waals surface area contributed by atoms with Gasteiger partial charge < -0.3 is 10.8 Å². The number of carboxylic acid groups (broad SMARTS) is 1. The Kier molecular flexibility index (Phi) is 4.10. The minimum absolute atomic E-state index is 0.112. The van der Waals surface area contributed by atoms with E-state index in [-0.39, 0.29) is 6.42 Å². The summed E-state index contributed by atoms with van der Waals surface area (Å²) in [7, 11) is 0. The van der Waals surface area contributed by atoms with Crippen LogP contribution in [0.4, 0.5) is 0 Å². The number of aliphatic carboxylic acids is 1. The lowest BCUT2D eigenvalue weighted by atomic mass is 9.96. The van der Waals surface area contributed by atoms with E-state index in [1.165, 1.54) is 0 Å². The number of hydrogen-bond acceptors (Lipinski definition) is 4. The molecular formula is C15H17N3O2. The van der Waals surface area contributed by atoms with Crippen LogP contribution in [0.3, 0.4) is 0 Å². The maximum atomic E-state index is 10.7. The van der Waals surface area contributed by atoms with Crippen molar-refractivity contribution in [3.8, 4) is 11.1 Å². The summed E-state index contributed by atoms with van der Waals surface area (Å²) in [4.78, 5) is 19.1. The van der Waals surface area contributed by atoms with Gasteiger partial charge >= 0.3 is 5.97 Å². The van der Waals surface area contributed by atoms with Crippen LogP contribution in [-0.4, -0.2) is 21.0 Å². The minimum Gasteiger partial charge on any atom is -0.481 e.